The molecule has 0 fully saturated rings. The third-order valence-electron chi connectivity index (χ3n) is 2.87. The van der Waals surface area contributed by atoms with Gasteiger partial charge in [0.15, 0.2) is 5.13 Å². The minimum atomic E-state index is -0.0782. The Bertz CT molecular complexity index is 800. The summed E-state index contributed by atoms with van der Waals surface area (Å²) in [5.74, 6) is -0.0782. The highest BCUT2D eigenvalue weighted by molar-refractivity contribution is 7.14. The number of thiazole rings is 1. The van der Waals surface area contributed by atoms with Crippen molar-refractivity contribution in [3.05, 3.63) is 56.0 Å². The molecule has 0 aliphatic carbocycles. The third-order valence-corrected chi connectivity index (χ3v) is 5.05. The largest absolute Gasteiger partial charge is 0.302 e. The van der Waals surface area contributed by atoms with Gasteiger partial charge in [-0.3, -0.25) is 4.79 Å². The van der Waals surface area contributed by atoms with Crippen LogP contribution in [0.15, 0.2) is 41.1 Å². The summed E-state index contributed by atoms with van der Waals surface area (Å²) in [6.07, 6.45) is 0.355. The zero-order valence-electron chi connectivity index (χ0n) is 11.2. The van der Waals surface area contributed by atoms with Gasteiger partial charge in [-0.25, -0.2) is 4.98 Å². The Morgan fingerprint density at radius 2 is 2.09 bits per heavy atom. The molecule has 3 nitrogen and oxygen atoms in total. The van der Waals surface area contributed by atoms with Crippen LogP contribution in [0, 0.1) is 0 Å². The van der Waals surface area contributed by atoms with Gasteiger partial charge in [0.2, 0.25) is 5.91 Å². The van der Waals surface area contributed by atoms with Crippen molar-refractivity contribution in [3.8, 4) is 11.3 Å². The van der Waals surface area contributed by atoms with Gasteiger partial charge in [0, 0.05) is 20.8 Å². The van der Waals surface area contributed by atoms with Gasteiger partial charge in [-0.1, -0.05) is 29.3 Å². The molecule has 1 aromatic carbocycles. The van der Waals surface area contributed by atoms with E-state index < -0.39 is 0 Å². The second-order valence-electron chi connectivity index (χ2n) is 4.47. The Balaban J connectivity index is 1.72. The molecule has 2 aromatic heterocycles. The summed E-state index contributed by atoms with van der Waals surface area (Å²) in [6, 6.07) is 9.11. The SMILES string of the molecule is O=C(Cc1cccs1)Nc1nc(-c2ccc(Cl)cc2Cl)cs1. The number of aromatic nitrogens is 1. The molecule has 0 spiro atoms. The van der Waals surface area contributed by atoms with Crippen molar-refractivity contribution >= 4 is 56.9 Å². The smallest absolute Gasteiger partial charge is 0.231 e. The number of nitrogens with zero attached hydrogens (tertiary/aromatic N) is 1. The van der Waals surface area contributed by atoms with Gasteiger partial charge in [0.1, 0.15) is 0 Å². The zero-order chi connectivity index (χ0) is 15.5. The van der Waals surface area contributed by atoms with E-state index in [1.54, 1.807) is 23.5 Å². The molecule has 0 aliphatic heterocycles. The number of benzene rings is 1. The van der Waals surface area contributed by atoms with Crippen molar-refractivity contribution in [1.82, 2.24) is 4.98 Å². The molecule has 0 saturated carbocycles. The van der Waals surface area contributed by atoms with E-state index in [1.165, 1.54) is 11.3 Å². The molecule has 1 amide bonds. The molecule has 3 aromatic rings. The van der Waals surface area contributed by atoms with Crippen LogP contribution >= 0.6 is 45.9 Å². The lowest BCUT2D eigenvalue weighted by Gasteiger charge is -2.01. The number of anilines is 1. The number of thiophene rings is 1. The molecule has 0 unspecified atom stereocenters. The standard InChI is InChI=1S/C15H10Cl2N2OS2/c16-9-3-4-11(12(17)6-9)13-8-22-15(18-13)19-14(20)7-10-2-1-5-21-10/h1-6,8H,7H2,(H,18,19,20). The van der Waals surface area contributed by atoms with Crippen molar-refractivity contribution in [1.29, 1.82) is 0 Å². The van der Waals surface area contributed by atoms with Crippen LogP contribution in [0.25, 0.3) is 11.3 Å². The van der Waals surface area contributed by atoms with Crippen LogP contribution in [-0.2, 0) is 11.2 Å². The summed E-state index contributed by atoms with van der Waals surface area (Å²) in [5.41, 5.74) is 1.51. The molecular formula is C15H10Cl2N2OS2. The predicted molar refractivity (Wildman–Crippen MR) is 94.2 cm³/mol. The molecule has 1 N–H and O–H groups in total. The quantitative estimate of drug-likeness (QED) is 0.673. The molecule has 0 saturated heterocycles. The molecule has 0 aliphatic rings. The van der Waals surface area contributed by atoms with Gasteiger partial charge in [0.05, 0.1) is 17.1 Å². The molecule has 2 heterocycles. The number of hydrogen-bond donors (Lipinski definition) is 1. The number of rotatable bonds is 4. The first-order chi connectivity index (χ1) is 10.6. The Morgan fingerprint density at radius 3 is 2.82 bits per heavy atom. The molecule has 112 valence electrons. The Hall–Kier alpha value is -1.40. The van der Waals surface area contributed by atoms with Crippen molar-refractivity contribution in [3.63, 3.8) is 0 Å². The van der Waals surface area contributed by atoms with E-state index >= 15 is 0 Å². The van der Waals surface area contributed by atoms with Gasteiger partial charge in [-0.2, -0.15) is 0 Å². The maximum atomic E-state index is 12.0. The van der Waals surface area contributed by atoms with Crippen LogP contribution in [-0.4, -0.2) is 10.9 Å². The molecule has 3 rings (SSSR count). The highest BCUT2D eigenvalue weighted by Crippen LogP contribution is 2.32. The summed E-state index contributed by atoms with van der Waals surface area (Å²) in [4.78, 5) is 17.4. The van der Waals surface area contributed by atoms with Crippen LogP contribution in [0.4, 0.5) is 5.13 Å². The summed E-state index contributed by atoms with van der Waals surface area (Å²) >= 11 is 15.0. The summed E-state index contributed by atoms with van der Waals surface area (Å²) in [5, 5.41) is 8.29. The van der Waals surface area contributed by atoms with Crippen LogP contribution in [0.2, 0.25) is 10.0 Å². The molecule has 7 heteroatoms. The number of halogens is 2. The third kappa shape index (κ3) is 3.67. The predicted octanol–water partition coefficient (Wildman–Crippen LogP) is 5.36. The second kappa shape index (κ2) is 6.79. The average molecular weight is 369 g/mol. The topological polar surface area (TPSA) is 42.0 Å². The van der Waals surface area contributed by atoms with Gasteiger partial charge in [-0.05, 0) is 29.6 Å². The van der Waals surface area contributed by atoms with Gasteiger partial charge >= 0.3 is 0 Å². The highest BCUT2D eigenvalue weighted by atomic mass is 35.5. The Kier molecular flexibility index (Phi) is 4.78. The summed E-state index contributed by atoms with van der Waals surface area (Å²) in [6.45, 7) is 0. The lowest BCUT2D eigenvalue weighted by molar-refractivity contribution is -0.115. The summed E-state index contributed by atoms with van der Waals surface area (Å²) < 4.78 is 0. The number of amides is 1. The van der Waals surface area contributed by atoms with E-state index in [9.17, 15) is 4.79 Å². The van der Waals surface area contributed by atoms with E-state index in [4.69, 9.17) is 23.2 Å². The fourth-order valence-electron chi connectivity index (χ4n) is 1.89. The maximum absolute atomic E-state index is 12.0. The fraction of sp³-hybridized carbons (Fsp3) is 0.0667. The molecular weight excluding hydrogens is 359 g/mol. The fourth-order valence-corrected chi connectivity index (χ4v) is 3.82. The lowest BCUT2D eigenvalue weighted by Crippen LogP contribution is -2.13. The van der Waals surface area contributed by atoms with E-state index in [0.717, 1.165) is 16.1 Å². The average Bonchev–Trinajstić information content (AvgIpc) is 3.10. The second-order valence-corrected chi connectivity index (χ2v) is 7.20. The van der Waals surface area contributed by atoms with Gasteiger partial charge in [0.25, 0.3) is 0 Å². The molecule has 0 atom stereocenters. The molecule has 22 heavy (non-hydrogen) atoms. The molecule has 0 radical (unpaired) electrons. The molecule has 0 bridgehead atoms. The normalized spacial score (nSPS) is 10.6. The van der Waals surface area contributed by atoms with Crippen LogP contribution < -0.4 is 5.32 Å². The number of hydrogen-bond acceptors (Lipinski definition) is 4. The Labute approximate surface area is 145 Å². The van der Waals surface area contributed by atoms with Gasteiger partial charge < -0.3 is 5.32 Å². The number of carbonyl (C=O) groups is 1. The van der Waals surface area contributed by atoms with Crippen molar-refractivity contribution in [2.75, 3.05) is 5.32 Å². The van der Waals surface area contributed by atoms with Crippen molar-refractivity contribution in [2.24, 2.45) is 0 Å². The first-order valence-corrected chi connectivity index (χ1v) is 8.86. The number of nitrogens with one attached hydrogen (secondary N) is 1. The van der Waals surface area contributed by atoms with Crippen LogP contribution in [0.3, 0.4) is 0 Å². The highest BCUT2D eigenvalue weighted by Gasteiger charge is 2.11. The van der Waals surface area contributed by atoms with E-state index in [0.29, 0.717) is 21.6 Å². The Morgan fingerprint density at radius 1 is 1.23 bits per heavy atom. The van der Waals surface area contributed by atoms with Crippen molar-refractivity contribution < 1.29 is 4.79 Å². The lowest BCUT2D eigenvalue weighted by atomic mass is 10.2. The van der Waals surface area contributed by atoms with E-state index in [-0.39, 0.29) is 5.91 Å². The summed E-state index contributed by atoms with van der Waals surface area (Å²) in [7, 11) is 0. The first kappa shape index (κ1) is 15.5. The van der Waals surface area contributed by atoms with Crippen LogP contribution in [0.1, 0.15) is 4.88 Å². The number of carbonyl (C=O) groups excluding carboxylic acids is 1. The van der Waals surface area contributed by atoms with Gasteiger partial charge in [-0.15, -0.1) is 22.7 Å². The first-order valence-electron chi connectivity index (χ1n) is 6.35. The maximum Gasteiger partial charge on any atom is 0.231 e. The monoisotopic (exact) mass is 368 g/mol. The van der Waals surface area contributed by atoms with Crippen LogP contribution in [0.5, 0.6) is 0 Å². The van der Waals surface area contributed by atoms with E-state index in [1.807, 2.05) is 29.0 Å². The minimum Gasteiger partial charge on any atom is -0.302 e. The van der Waals surface area contributed by atoms with E-state index in [2.05, 4.69) is 10.3 Å². The zero-order valence-corrected chi connectivity index (χ0v) is 14.3. The van der Waals surface area contributed by atoms with Crippen molar-refractivity contribution in [2.45, 2.75) is 6.42 Å². The minimum absolute atomic E-state index is 0.0782.